The average molecular weight is 227 g/mol. The third-order valence-electron chi connectivity index (χ3n) is 0.911. The molecule has 0 fully saturated rings. The molecular formula is C5H6N3Sn. The topological polar surface area (TPSA) is 50.9 Å². The molecule has 3 radical (unpaired) electrons. The van der Waals surface area contributed by atoms with Gasteiger partial charge in [0.25, 0.3) is 0 Å². The molecule has 0 unspecified atom stereocenters. The number of nitrogens with two attached hydrogens (primary N) is 1. The normalized spacial score (nSPS) is 9.11. The first kappa shape index (κ1) is 6.82. The third-order valence-corrected chi connectivity index (χ3v) is 1.76. The van der Waals surface area contributed by atoms with Gasteiger partial charge in [-0.15, -0.1) is 0 Å². The van der Waals surface area contributed by atoms with Gasteiger partial charge in [0.2, 0.25) is 0 Å². The van der Waals surface area contributed by atoms with Crippen LogP contribution in [0, 0.1) is 0 Å². The number of hydrogen-bond acceptors (Lipinski definition) is 3. The molecular weight excluding hydrogens is 221 g/mol. The van der Waals surface area contributed by atoms with Crippen LogP contribution in [-0.2, 0) is 0 Å². The van der Waals surface area contributed by atoms with Crippen LogP contribution in [0.3, 0.4) is 0 Å². The van der Waals surface area contributed by atoms with Gasteiger partial charge < -0.3 is 0 Å². The summed E-state index contributed by atoms with van der Waals surface area (Å²) in [6, 6.07) is 3.84. The van der Waals surface area contributed by atoms with Crippen LogP contribution in [0.25, 0.3) is 0 Å². The van der Waals surface area contributed by atoms with Crippen molar-refractivity contribution < 1.29 is 0 Å². The van der Waals surface area contributed by atoms with Crippen LogP contribution in [0.1, 0.15) is 0 Å². The zero-order valence-electron chi connectivity index (χ0n) is 4.76. The van der Waals surface area contributed by atoms with Gasteiger partial charge in [-0.05, 0) is 0 Å². The van der Waals surface area contributed by atoms with Crippen LogP contribution in [0.5, 0.6) is 0 Å². The molecule has 3 N–H and O–H groups in total. The summed E-state index contributed by atoms with van der Waals surface area (Å²) in [7, 11) is 0. The quantitative estimate of drug-likeness (QED) is 0.373. The second-order valence-corrected chi connectivity index (χ2v) is 3.22. The van der Waals surface area contributed by atoms with Crippen molar-refractivity contribution in [1.82, 2.24) is 4.98 Å². The zero-order chi connectivity index (χ0) is 6.69. The molecule has 0 atom stereocenters. The third kappa shape index (κ3) is 1.83. The van der Waals surface area contributed by atoms with E-state index in [1.54, 1.807) is 6.20 Å². The fourth-order valence-corrected chi connectivity index (χ4v) is 0.901. The van der Waals surface area contributed by atoms with Gasteiger partial charge in [-0.1, -0.05) is 0 Å². The van der Waals surface area contributed by atoms with E-state index in [2.05, 4.69) is 10.4 Å². The maximum absolute atomic E-state index is 5.09. The van der Waals surface area contributed by atoms with Crippen LogP contribution in [-0.4, -0.2) is 27.5 Å². The van der Waals surface area contributed by atoms with E-state index in [0.717, 1.165) is 0 Å². The molecule has 1 heterocycles. The van der Waals surface area contributed by atoms with Gasteiger partial charge in [-0.25, -0.2) is 0 Å². The van der Waals surface area contributed by atoms with E-state index in [4.69, 9.17) is 5.84 Å². The summed E-state index contributed by atoms with van der Waals surface area (Å²) in [4.78, 5) is 3.98. The van der Waals surface area contributed by atoms with Crippen LogP contribution < -0.4 is 14.8 Å². The number of nitrogens with one attached hydrogen (secondary N) is 1. The summed E-state index contributed by atoms with van der Waals surface area (Å²) < 4.78 is 1.22. The first-order valence-corrected chi connectivity index (χ1v) is 3.90. The Hall–Kier alpha value is -0.291. The number of anilines is 1. The molecule has 0 aliphatic carbocycles. The molecule has 0 aliphatic rings. The fraction of sp³-hybridized carbons (Fsp3) is 0. The van der Waals surface area contributed by atoms with Crippen molar-refractivity contribution in [2.24, 2.45) is 5.84 Å². The molecule has 0 bridgehead atoms. The molecule has 1 aromatic rings. The van der Waals surface area contributed by atoms with Crippen LogP contribution >= 0.6 is 0 Å². The van der Waals surface area contributed by atoms with Crippen LogP contribution in [0.15, 0.2) is 18.3 Å². The summed E-state index contributed by atoms with van der Waals surface area (Å²) in [5, 5.41) is 0. The number of aromatic nitrogens is 1. The Morgan fingerprint density at radius 1 is 1.56 bits per heavy atom. The Bertz CT molecular complexity index is 184. The molecule has 0 aliphatic heterocycles. The van der Waals surface area contributed by atoms with Crippen molar-refractivity contribution in [3.8, 4) is 0 Å². The van der Waals surface area contributed by atoms with Crippen molar-refractivity contribution in [3.63, 3.8) is 0 Å². The molecule has 0 spiro atoms. The van der Waals surface area contributed by atoms with Crippen molar-refractivity contribution in [2.45, 2.75) is 0 Å². The van der Waals surface area contributed by atoms with Gasteiger partial charge in [0, 0.05) is 0 Å². The number of hydrogen-bond donors (Lipinski definition) is 2. The first-order chi connectivity index (χ1) is 4.33. The minimum absolute atomic E-state index is 0.709. The van der Waals surface area contributed by atoms with Gasteiger partial charge in [0.1, 0.15) is 0 Å². The molecule has 1 aromatic heterocycles. The van der Waals surface area contributed by atoms with E-state index in [9.17, 15) is 0 Å². The maximum atomic E-state index is 5.09. The van der Waals surface area contributed by atoms with E-state index in [-0.39, 0.29) is 0 Å². The standard InChI is InChI=1S/C5H6N3.Sn/c6-8-5-3-1-2-4-7-5;/h1,3-4H,6H2,(H,7,8);. The summed E-state index contributed by atoms with van der Waals surface area (Å²) in [5.74, 6) is 5.80. The molecule has 0 saturated carbocycles. The van der Waals surface area contributed by atoms with E-state index in [1.807, 2.05) is 12.1 Å². The van der Waals surface area contributed by atoms with E-state index < -0.39 is 0 Å². The molecule has 45 valence electrons. The molecule has 4 heteroatoms. The van der Waals surface area contributed by atoms with Gasteiger partial charge in [-0.3, -0.25) is 0 Å². The van der Waals surface area contributed by atoms with E-state index >= 15 is 0 Å². The van der Waals surface area contributed by atoms with E-state index in [1.165, 1.54) is 26.1 Å². The molecule has 0 amide bonds. The first-order valence-electron chi connectivity index (χ1n) is 2.47. The molecule has 0 saturated heterocycles. The Balaban J connectivity index is 2.88. The predicted octanol–water partition coefficient (Wildman–Crippen LogP) is -0.839. The Kier molecular flexibility index (Phi) is 2.29. The molecule has 1 rings (SSSR count). The number of pyridine rings is 1. The summed E-state index contributed by atoms with van der Waals surface area (Å²) in [6.07, 6.45) is 1.80. The van der Waals surface area contributed by atoms with Crippen molar-refractivity contribution in [2.75, 3.05) is 5.43 Å². The van der Waals surface area contributed by atoms with Gasteiger partial charge in [-0.2, -0.15) is 0 Å². The van der Waals surface area contributed by atoms with Crippen LogP contribution in [0.4, 0.5) is 5.82 Å². The van der Waals surface area contributed by atoms with E-state index in [0.29, 0.717) is 5.82 Å². The van der Waals surface area contributed by atoms with Crippen LogP contribution in [0.2, 0.25) is 0 Å². The fourth-order valence-electron chi connectivity index (χ4n) is 0.479. The monoisotopic (exact) mass is 228 g/mol. The van der Waals surface area contributed by atoms with Gasteiger partial charge in [0.05, 0.1) is 0 Å². The Morgan fingerprint density at radius 2 is 2.33 bits per heavy atom. The van der Waals surface area contributed by atoms with Crippen molar-refractivity contribution in [3.05, 3.63) is 18.3 Å². The van der Waals surface area contributed by atoms with Gasteiger partial charge >= 0.3 is 66.5 Å². The molecule has 0 aromatic carbocycles. The SMILES string of the molecule is NNc1cc[c]([Sn])cn1. The van der Waals surface area contributed by atoms with Gasteiger partial charge in [0.15, 0.2) is 0 Å². The molecule has 9 heavy (non-hydrogen) atoms. The number of rotatable bonds is 1. The Labute approximate surface area is 66.7 Å². The predicted molar refractivity (Wildman–Crippen MR) is 37.4 cm³/mol. The zero-order valence-corrected chi connectivity index (χ0v) is 7.61. The molecule has 3 nitrogen and oxygen atoms in total. The van der Waals surface area contributed by atoms with Crippen molar-refractivity contribution >= 4 is 31.9 Å². The average Bonchev–Trinajstić information content (AvgIpc) is 1.90. The summed E-state index contributed by atoms with van der Waals surface area (Å²) >= 11 is 1.37. The minimum atomic E-state index is 0.709. The summed E-state index contributed by atoms with van der Waals surface area (Å²) in [5.41, 5.74) is 2.45. The second-order valence-electron chi connectivity index (χ2n) is 1.58. The second kappa shape index (κ2) is 3.03. The Morgan fingerprint density at radius 3 is 2.78 bits per heavy atom. The summed E-state index contributed by atoms with van der Waals surface area (Å²) in [6.45, 7) is 0. The number of nitrogen functional groups attached to an aromatic ring is 1. The number of hydrazine groups is 1. The number of nitrogens with zero attached hydrogens (tertiary/aromatic N) is 1. The van der Waals surface area contributed by atoms with Crippen molar-refractivity contribution in [1.29, 1.82) is 0 Å².